The van der Waals surface area contributed by atoms with Crippen molar-refractivity contribution in [2.75, 3.05) is 20.3 Å². The van der Waals surface area contributed by atoms with E-state index in [1.165, 1.54) is 31.1 Å². The molecule has 3 aromatic carbocycles. The van der Waals surface area contributed by atoms with Gasteiger partial charge in [-0.05, 0) is 85.3 Å². The first-order valence-corrected chi connectivity index (χ1v) is 12.0. The molecule has 0 fully saturated rings. The molecule has 0 heterocycles. The largest absolute Gasteiger partial charge is 0.493 e. The molecular formula is C28H29ClO5. The highest BCUT2D eigenvalue weighted by molar-refractivity contribution is 6.30. The van der Waals surface area contributed by atoms with Gasteiger partial charge in [0.25, 0.3) is 0 Å². The van der Waals surface area contributed by atoms with Crippen LogP contribution in [-0.2, 0) is 22.4 Å². The summed E-state index contributed by atoms with van der Waals surface area (Å²) in [7, 11) is 1.37. The van der Waals surface area contributed by atoms with Crippen LogP contribution in [0.1, 0.15) is 42.1 Å². The topological polar surface area (TPSA) is 54.0 Å². The van der Waals surface area contributed by atoms with Gasteiger partial charge in [-0.3, -0.25) is 0 Å². The van der Waals surface area contributed by atoms with E-state index in [2.05, 4.69) is 6.07 Å². The van der Waals surface area contributed by atoms with Gasteiger partial charge < -0.3 is 18.9 Å². The SMILES string of the molecule is COC(=O)C(Oc1ccc2c(c1)CCCC2)c1ccc(OCCCOc2ccc(Cl)cc2)cc1. The fourth-order valence-corrected chi connectivity index (χ4v) is 4.11. The molecule has 0 N–H and O–H groups in total. The second-order valence-electron chi connectivity index (χ2n) is 8.23. The average molecular weight is 481 g/mol. The number of carbonyl (C=O) groups is 1. The van der Waals surface area contributed by atoms with Crippen molar-refractivity contribution in [3.8, 4) is 17.2 Å². The molecule has 4 rings (SSSR count). The zero-order valence-electron chi connectivity index (χ0n) is 19.3. The summed E-state index contributed by atoms with van der Waals surface area (Å²) in [6.45, 7) is 1.05. The number of fused-ring (bicyclic) bond motifs is 1. The summed E-state index contributed by atoms with van der Waals surface area (Å²) in [6.07, 6.45) is 4.45. The van der Waals surface area contributed by atoms with E-state index in [1.54, 1.807) is 12.1 Å². The van der Waals surface area contributed by atoms with Crippen LogP contribution in [0.2, 0.25) is 5.02 Å². The lowest BCUT2D eigenvalue weighted by molar-refractivity contribution is -0.149. The van der Waals surface area contributed by atoms with E-state index in [0.29, 0.717) is 35.3 Å². The van der Waals surface area contributed by atoms with E-state index >= 15 is 0 Å². The van der Waals surface area contributed by atoms with Gasteiger partial charge in [-0.25, -0.2) is 4.79 Å². The summed E-state index contributed by atoms with van der Waals surface area (Å²) in [6, 6.07) is 20.7. The Hall–Kier alpha value is -3.18. The van der Waals surface area contributed by atoms with Crippen LogP contribution in [-0.4, -0.2) is 26.3 Å². The Morgan fingerprint density at radius 3 is 2.06 bits per heavy atom. The molecule has 1 atom stereocenters. The van der Waals surface area contributed by atoms with Gasteiger partial charge in [-0.15, -0.1) is 0 Å². The Bertz CT molecular complexity index is 1080. The summed E-state index contributed by atoms with van der Waals surface area (Å²) >= 11 is 5.88. The van der Waals surface area contributed by atoms with Crippen molar-refractivity contribution in [3.05, 3.63) is 88.4 Å². The number of esters is 1. The van der Waals surface area contributed by atoms with Crippen LogP contribution in [0.4, 0.5) is 0 Å². The van der Waals surface area contributed by atoms with Crippen molar-refractivity contribution in [1.29, 1.82) is 0 Å². The van der Waals surface area contributed by atoms with Gasteiger partial charge in [0.05, 0.1) is 20.3 Å². The number of methoxy groups -OCH3 is 1. The fraction of sp³-hybridized carbons (Fsp3) is 0.321. The minimum atomic E-state index is -0.839. The molecule has 0 amide bonds. The summed E-state index contributed by atoms with van der Waals surface area (Å²) < 4.78 is 22.6. The second-order valence-corrected chi connectivity index (χ2v) is 8.67. The Kier molecular flexibility index (Phi) is 8.31. The molecular weight excluding hydrogens is 452 g/mol. The molecule has 6 heteroatoms. The lowest BCUT2D eigenvalue weighted by Crippen LogP contribution is -2.20. The molecule has 1 aliphatic carbocycles. The highest BCUT2D eigenvalue weighted by atomic mass is 35.5. The van der Waals surface area contributed by atoms with E-state index in [0.717, 1.165) is 25.0 Å². The third kappa shape index (κ3) is 6.45. The molecule has 1 aliphatic rings. The van der Waals surface area contributed by atoms with Gasteiger partial charge in [-0.2, -0.15) is 0 Å². The normalized spacial score (nSPS) is 13.5. The van der Waals surface area contributed by atoms with Gasteiger partial charge in [0.1, 0.15) is 17.2 Å². The number of halogens is 1. The summed E-state index contributed by atoms with van der Waals surface area (Å²) in [5.74, 6) is 1.73. The predicted molar refractivity (Wildman–Crippen MR) is 132 cm³/mol. The Balaban J connectivity index is 1.31. The molecule has 5 nitrogen and oxygen atoms in total. The van der Waals surface area contributed by atoms with E-state index in [-0.39, 0.29) is 0 Å². The summed E-state index contributed by atoms with van der Waals surface area (Å²) in [4.78, 5) is 12.5. The maximum atomic E-state index is 12.5. The standard InChI is InChI=1S/C28H29ClO5/c1-31-28(30)27(34-26-14-7-20-5-2-3-6-22(20)19-26)21-8-12-24(13-9-21)32-17-4-18-33-25-15-10-23(29)11-16-25/h7-16,19,27H,2-6,17-18H2,1H3. The zero-order valence-corrected chi connectivity index (χ0v) is 20.1. The van der Waals surface area contributed by atoms with Crippen molar-refractivity contribution in [2.24, 2.45) is 0 Å². The molecule has 0 spiro atoms. The summed E-state index contributed by atoms with van der Waals surface area (Å²) in [5, 5.41) is 0.682. The highest BCUT2D eigenvalue weighted by Crippen LogP contribution is 2.29. The Morgan fingerprint density at radius 1 is 0.824 bits per heavy atom. The highest BCUT2D eigenvalue weighted by Gasteiger charge is 2.24. The van der Waals surface area contributed by atoms with E-state index in [9.17, 15) is 4.79 Å². The maximum Gasteiger partial charge on any atom is 0.351 e. The van der Waals surface area contributed by atoms with Gasteiger partial charge in [0.2, 0.25) is 6.10 Å². The number of ether oxygens (including phenoxy) is 4. The Morgan fingerprint density at radius 2 is 1.41 bits per heavy atom. The second kappa shape index (κ2) is 11.8. The quantitative estimate of drug-likeness (QED) is 0.249. The molecule has 0 saturated heterocycles. The zero-order chi connectivity index (χ0) is 23.8. The smallest absolute Gasteiger partial charge is 0.351 e. The molecule has 3 aromatic rings. The first-order valence-electron chi connectivity index (χ1n) is 11.6. The van der Waals surface area contributed by atoms with Crippen LogP contribution in [0, 0.1) is 0 Å². The number of hydrogen-bond donors (Lipinski definition) is 0. The number of benzene rings is 3. The van der Waals surface area contributed by atoms with Crippen LogP contribution < -0.4 is 14.2 Å². The first-order chi connectivity index (χ1) is 16.6. The van der Waals surface area contributed by atoms with Crippen LogP contribution in [0.5, 0.6) is 17.2 Å². The predicted octanol–water partition coefficient (Wildman–Crippen LogP) is 6.36. The van der Waals surface area contributed by atoms with Gasteiger partial charge in [-0.1, -0.05) is 29.8 Å². The molecule has 0 saturated carbocycles. The number of hydrogen-bond acceptors (Lipinski definition) is 5. The molecule has 0 bridgehead atoms. The van der Waals surface area contributed by atoms with E-state index in [4.69, 9.17) is 30.5 Å². The van der Waals surface area contributed by atoms with Crippen LogP contribution in [0.25, 0.3) is 0 Å². The van der Waals surface area contributed by atoms with Crippen molar-refractivity contribution < 1.29 is 23.7 Å². The Labute approximate surface area is 205 Å². The summed E-state index contributed by atoms with van der Waals surface area (Å²) in [5.41, 5.74) is 3.38. The van der Waals surface area contributed by atoms with Crippen LogP contribution in [0.3, 0.4) is 0 Å². The van der Waals surface area contributed by atoms with Gasteiger partial charge in [0, 0.05) is 17.0 Å². The lowest BCUT2D eigenvalue weighted by Gasteiger charge is -2.20. The first kappa shape index (κ1) is 24.0. The lowest BCUT2D eigenvalue weighted by atomic mass is 9.92. The molecule has 0 aliphatic heterocycles. The third-order valence-electron chi connectivity index (χ3n) is 5.81. The van der Waals surface area contributed by atoms with Crippen LogP contribution in [0.15, 0.2) is 66.7 Å². The van der Waals surface area contributed by atoms with Gasteiger partial charge in [0.15, 0.2) is 0 Å². The van der Waals surface area contributed by atoms with Crippen molar-refractivity contribution >= 4 is 17.6 Å². The number of carbonyl (C=O) groups excluding carboxylic acids is 1. The third-order valence-corrected chi connectivity index (χ3v) is 6.06. The van der Waals surface area contributed by atoms with E-state index in [1.807, 2.05) is 48.5 Å². The number of aryl methyl sites for hydroxylation is 2. The van der Waals surface area contributed by atoms with Crippen LogP contribution >= 0.6 is 11.6 Å². The van der Waals surface area contributed by atoms with E-state index < -0.39 is 12.1 Å². The fourth-order valence-electron chi connectivity index (χ4n) is 3.99. The van der Waals surface area contributed by atoms with Crippen molar-refractivity contribution in [2.45, 2.75) is 38.2 Å². The minimum absolute atomic E-state index is 0.439. The molecule has 1 unspecified atom stereocenters. The van der Waals surface area contributed by atoms with Crippen molar-refractivity contribution in [1.82, 2.24) is 0 Å². The monoisotopic (exact) mass is 480 g/mol. The van der Waals surface area contributed by atoms with Crippen molar-refractivity contribution in [3.63, 3.8) is 0 Å². The molecule has 178 valence electrons. The van der Waals surface area contributed by atoms with Gasteiger partial charge >= 0.3 is 5.97 Å². The minimum Gasteiger partial charge on any atom is -0.493 e. The molecule has 34 heavy (non-hydrogen) atoms. The maximum absolute atomic E-state index is 12.5. The average Bonchev–Trinajstić information content (AvgIpc) is 2.88. The molecule has 0 radical (unpaired) electrons. The molecule has 0 aromatic heterocycles. The number of rotatable bonds is 10.